The first-order valence-corrected chi connectivity index (χ1v) is 8.06. The van der Waals surface area contributed by atoms with Crippen molar-refractivity contribution in [2.24, 2.45) is 11.1 Å². The number of halogens is 2. The Labute approximate surface area is 121 Å². The van der Waals surface area contributed by atoms with Gasteiger partial charge in [-0.15, -0.1) is 0 Å². The summed E-state index contributed by atoms with van der Waals surface area (Å²) >= 11 is 5.90. The maximum absolute atomic E-state index is 12.9. The lowest BCUT2D eigenvalue weighted by Crippen LogP contribution is -2.27. The number of nitrogens with zero attached hydrogens (tertiary/aromatic N) is 1. The highest BCUT2D eigenvalue weighted by Crippen LogP contribution is 2.24. The molecule has 0 spiro atoms. The molecular formula is C12H14ClFN2O3S. The van der Waals surface area contributed by atoms with Gasteiger partial charge in [0.2, 0.25) is 15.9 Å². The summed E-state index contributed by atoms with van der Waals surface area (Å²) in [5.41, 5.74) is 0.623. The summed E-state index contributed by atoms with van der Waals surface area (Å²) in [6.07, 6.45) is 0.148. The second-order valence-electron chi connectivity index (χ2n) is 4.91. The molecule has 1 amide bonds. The molecule has 0 radical (unpaired) electrons. The van der Waals surface area contributed by atoms with Crippen molar-refractivity contribution in [1.82, 2.24) is 4.90 Å². The van der Waals surface area contributed by atoms with Gasteiger partial charge in [-0.25, -0.2) is 17.9 Å². The van der Waals surface area contributed by atoms with Gasteiger partial charge in [-0.05, 0) is 17.7 Å². The molecule has 20 heavy (non-hydrogen) atoms. The highest BCUT2D eigenvalue weighted by Gasteiger charge is 2.32. The summed E-state index contributed by atoms with van der Waals surface area (Å²) in [4.78, 5) is 13.3. The largest absolute Gasteiger partial charge is 0.338 e. The van der Waals surface area contributed by atoms with Crippen LogP contribution in [-0.4, -0.2) is 31.5 Å². The number of sulfonamides is 1. The number of benzene rings is 1. The normalized spacial score (nSPS) is 19.6. The molecule has 1 aromatic carbocycles. The molecular weight excluding hydrogens is 307 g/mol. The Morgan fingerprint density at radius 2 is 2.15 bits per heavy atom. The number of hydrogen-bond donors (Lipinski definition) is 1. The highest BCUT2D eigenvalue weighted by atomic mass is 35.5. The van der Waals surface area contributed by atoms with Gasteiger partial charge in [0.25, 0.3) is 0 Å². The summed E-state index contributed by atoms with van der Waals surface area (Å²) in [6, 6.07) is 3.96. The quantitative estimate of drug-likeness (QED) is 0.902. The fourth-order valence-electron chi connectivity index (χ4n) is 2.30. The Morgan fingerprint density at radius 1 is 1.45 bits per heavy atom. The first-order chi connectivity index (χ1) is 9.24. The van der Waals surface area contributed by atoms with Crippen LogP contribution in [-0.2, 0) is 21.4 Å². The Bertz CT molecular complexity index is 636. The second kappa shape index (κ2) is 5.67. The van der Waals surface area contributed by atoms with E-state index in [0.717, 1.165) is 0 Å². The molecule has 1 aliphatic heterocycles. The number of likely N-dealkylation sites (tertiary alicyclic amines) is 1. The van der Waals surface area contributed by atoms with E-state index in [-0.39, 0.29) is 35.6 Å². The van der Waals surface area contributed by atoms with Gasteiger partial charge in [0.15, 0.2) is 0 Å². The monoisotopic (exact) mass is 320 g/mol. The Balaban J connectivity index is 2.05. The average molecular weight is 321 g/mol. The van der Waals surface area contributed by atoms with Crippen LogP contribution in [0.15, 0.2) is 18.2 Å². The van der Waals surface area contributed by atoms with Crippen LogP contribution in [0.25, 0.3) is 0 Å². The fraction of sp³-hybridized carbons (Fsp3) is 0.417. The van der Waals surface area contributed by atoms with Crippen molar-refractivity contribution in [3.63, 3.8) is 0 Å². The lowest BCUT2D eigenvalue weighted by atomic mass is 10.1. The zero-order valence-electron chi connectivity index (χ0n) is 10.6. The smallest absolute Gasteiger partial charge is 0.223 e. The molecule has 2 N–H and O–H groups in total. The zero-order valence-corrected chi connectivity index (χ0v) is 12.1. The van der Waals surface area contributed by atoms with Crippen molar-refractivity contribution in [2.45, 2.75) is 13.0 Å². The van der Waals surface area contributed by atoms with E-state index in [9.17, 15) is 17.6 Å². The predicted octanol–water partition coefficient (Wildman–Crippen LogP) is 1.12. The number of nitrogens with two attached hydrogens (primary N) is 1. The molecule has 0 bridgehead atoms. The molecule has 0 saturated carbocycles. The SMILES string of the molecule is NS(=O)(=O)CC1CC(=O)N(Cc2ccc(F)cc2Cl)C1. The van der Waals surface area contributed by atoms with E-state index in [1.807, 2.05) is 0 Å². The highest BCUT2D eigenvalue weighted by molar-refractivity contribution is 7.89. The number of carbonyl (C=O) groups is 1. The molecule has 1 heterocycles. The first-order valence-electron chi connectivity index (χ1n) is 5.97. The Morgan fingerprint density at radius 3 is 2.75 bits per heavy atom. The third-order valence-corrected chi connectivity index (χ3v) is 4.43. The van der Waals surface area contributed by atoms with Crippen molar-refractivity contribution in [3.8, 4) is 0 Å². The third-order valence-electron chi connectivity index (χ3n) is 3.14. The average Bonchev–Trinajstić information content (AvgIpc) is 2.60. The van der Waals surface area contributed by atoms with Gasteiger partial charge in [0.05, 0.1) is 5.75 Å². The summed E-state index contributed by atoms with van der Waals surface area (Å²) in [5.74, 6) is -1.12. The Kier molecular flexibility index (Phi) is 4.31. The molecule has 5 nitrogen and oxygen atoms in total. The van der Waals surface area contributed by atoms with E-state index in [2.05, 4.69) is 0 Å². The predicted molar refractivity (Wildman–Crippen MR) is 72.9 cm³/mol. The number of primary sulfonamides is 1. The summed E-state index contributed by atoms with van der Waals surface area (Å²) < 4.78 is 35.0. The minimum atomic E-state index is -3.60. The zero-order chi connectivity index (χ0) is 14.9. The van der Waals surface area contributed by atoms with Crippen LogP contribution in [0, 0.1) is 11.7 Å². The maximum Gasteiger partial charge on any atom is 0.223 e. The van der Waals surface area contributed by atoms with Crippen LogP contribution < -0.4 is 5.14 Å². The van der Waals surface area contributed by atoms with Crippen LogP contribution in [0.4, 0.5) is 4.39 Å². The molecule has 0 aromatic heterocycles. The lowest BCUT2D eigenvalue weighted by molar-refractivity contribution is -0.128. The van der Waals surface area contributed by atoms with Gasteiger partial charge < -0.3 is 4.90 Å². The van der Waals surface area contributed by atoms with Crippen molar-refractivity contribution >= 4 is 27.5 Å². The van der Waals surface area contributed by atoms with Gasteiger partial charge in [-0.1, -0.05) is 17.7 Å². The molecule has 2 rings (SSSR count). The summed E-state index contributed by atoms with van der Waals surface area (Å²) in [5, 5.41) is 5.22. The topological polar surface area (TPSA) is 80.5 Å². The van der Waals surface area contributed by atoms with E-state index >= 15 is 0 Å². The molecule has 8 heteroatoms. The van der Waals surface area contributed by atoms with Crippen molar-refractivity contribution in [1.29, 1.82) is 0 Å². The number of rotatable bonds is 4. The Hall–Kier alpha value is -1.18. The molecule has 1 saturated heterocycles. The van der Waals surface area contributed by atoms with E-state index in [4.69, 9.17) is 16.7 Å². The van der Waals surface area contributed by atoms with Crippen LogP contribution in [0.2, 0.25) is 5.02 Å². The van der Waals surface area contributed by atoms with Crippen molar-refractivity contribution in [3.05, 3.63) is 34.6 Å². The van der Waals surface area contributed by atoms with E-state index < -0.39 is 15.8 Å². The molecule has 0 aliphatic carbocycles. The molecule has 1 aromatic rings. The molecule has 1 aliphatic rings. The van der Waals surface area contributed by atoms with Gasteiger partial charge in [-0.3, -0.25) is 4.79 Å². The van der Waals surface area contributed by atoms with E-state index in [1.54, 1.807) is 0 Å². The van der Waals surface area contributed by atoms with Gasteiger partial charge >= 0.3 is 0 Å². The standard InChI is InChI=1S/C12H14ClFN2O3S/c13-11-4-10(14)2-1-9(11)6-16-5-8(3-12(16)17)7-20(15,18)19/h1-2,4,8H,3,5-7H2,(H2,15,18,19). The number of carbonyl (C=O) groups excluding carboxylic acids is 1. The minimum absolute atomic E-state index is 0.148. The number of hydrogen-bond acceptors (Lipinski definition) is 3. The first kappa shape index (κ1) is 15.2. The number of amides is 1. The van der Waals surface area contributed by atoms with Gasteiger partial charge in [0, 0.05) is 30.5 Å². The lowest BCUT2D eigenvalue weighted by Gasteiger charge is -2.17. The molecule has 1 unspecified atom stereocenters. The van der Waals surface area contributed by atoms with Crippen LogP contribution in [0.5, 0.6) is 0 Å². The van der Waals surface area contributed by atoms with Gasteiger partial charge in [0.1, 0.15) is 5.82 Å². The van der Waals surface area contributed by atoms with E-state index in [1.165, 1.54) is 23.1 Å². The molecule has 1 atom stereocenters. The minimum Gasteiger partial charge on any atom is -0.338 e. The molecule has 110 valence electrons. The van der Waals surface area contributed by atoms with Crippen molar-refractivity contribution in [2.75, 3.05) is 12.3 Å². The van der Waals surface area contributed by atoms with Crippen LogP contribution in [0.1, 0.15) is 12.0 Å². The summed E-state index contributed by atoms with van der Waals surface area (Å²) in [6.45, 7) is 0.544. The van der Waals surface area contributed by atoms with Crippen molar-refractivity contribution < 1.29 is 17.6 Å². The molecule has 1 fully saturated rings. The van der Waals surface area contributed by atoms with Crippen LogP contribution in [0.3, 0.4) is 0 Å². The summed E-state index contributed by atoms with van der Waals surface area (Å²) in [7, 11) is -3.60. The van der Waals surface area contributed by atoms with E-state index in [0.29, 0.717) is 12.1 Å². The van der Waals surface area contributed by atoms with Gasteiger partial charge in [-0.2, -0.15) is 0 Å². The maximum atomic E-state index is 12.9. The third kappa shape index (κ3) is 3.91. The second-order valence-corrected chi connectivity index (χ2v) is 6.98. The van der Waals surface area contributed by atoms with Crippen LogP contribution >= 0.6 is 11.6 Å². The fourth-order valence-corrected chi connectivity index (χ4v) is 3.41.